The molecule has 0 atom stereocenters. The molecule has 1 aliphatic carbocycles. The molecule has 1 saturated carbocycles. The van der Waals surface area contributed by atoms with Gasteiger partial charge in [-0.25, -0.2) is 0 Å². The molecule has 0 bridgehead atoms. The summed E-state index contributed by atoms with van der Waals surface area (Å²) in [5.74, 6) is -0.0736. The minimum Gasteiger partial charge on any atom is -0.468 e. The van der Waals surface area contributed by atoms with Crippen LogP contribution in [0.1, 0.15) is 12.8 Å². The van der Waals surface area contributed by atoms with E-state index < -0.39 is 0 Å². The zero-order chi connectivity index (χ0) is 8.97. The maximum atomic E-state index is 10.7. The molecule has 0 aliphatic heterocycles. The van der Waals surface area contributed by atoms with Gasteiger partial charge >= 0.3 is 5.97 Å². The molecular formula is C8H12N2O2. The van der Waals surface area contributed by atoms with E-state index in [2.05, 4.69) is 16.1 Å². The minimum atomic E-state index is -0.254. The highest BCUT2D eigenvalue weighted by Gasteiger charge is 2.28. The summed E-state index contributed by atoms with van der Waals surface area (Å²) in [6, 6.07) is 2.50. The lowest BCUT2D eigenvalue weighted by Gasteiger charge is -2.30. The van der Waals surface area contributed by atoms with E-state index in [0.29, 0.717) is 6.04 Å². The van der Waals surface area contributed by atoms with Crippen LogP contribution in [0.25, 0.3) is 0 Å². The summed E-state index contributed by atoms with van der Waals surface area (Å²) in [4.78, 5) is 10.7. The van der Waals surface area contributed by atoms with Gasteiger partial charge in [0.2, 0.25) is 0 Å². The van der Waals surface area contributed by atoms with Gasteiger partial charge in [0.15, 0.2) is 0 Å². The van der Waals surface area contributed by atoms with Gasteiger partial charge < -0.3 is 10.1 Å². The van der Waals surface area contributed by atoms with Crippen molar-refractivity contribution in [3.05, 3.63) is 0 Å². The number of carbonyl (C=O) groups is 1. The van der Waals surface area contributed by atoms with Crippen LogP contribution in [0.3, 0.4) is 0 Å². The highest BCUT2D eigenvalue weighted by molar-refractivity contribution is 5.71. The van der Waals surface area contributed by atoms with Crippen LogP contribution in [0.5, 0.6) is 0 Å². The molecule has 0 aromatic carbocycles. The number of nitriles is 1. The van der Waals surface area contributed by atoms with E-state index in [4.69, 9.17) is 5.26 Å². The lowest BCUT2D eigenvalue weighted by molar-refractivity contribution is -0.139. The summed E-state index contributed by atoms with van der Waals surface area (Å²) in [6.45, 7) is 0.249. The van der Waals surface area contributed by atoms with Crippen LogP contribution >= 0.6 is 0 Å². The highest BCUT2D eigenvalue weighted by atomic mass is 16.5. The van der Waals surface area contributed by atoms with Crippen molar-refractivity contribution in [2.45, 2.75) is 18.9 Å². The maximum absolute atomic E-state index is 10.7. The smallest absolute Gasteiger partial charge is 0.319 e. The van der Waals surface area contributed by atoms with Crippen molar-refractivity contribution >= 4 is 5.97 Å². The van der Waals surface area contributed by atoms with Crippen molar-refractivity contribution in [3.63, 3.8) is 0 Å². The van der Waals surface area contributed by atoms with E-state index in [-0.39, 0.29) is 18.4 Å². The summed E-state index contributed by atoms with van der Waals surface area (Å²) in [5, 5.41) is 11.5. The molecule has 0 heterocycles. The molecule has 0 unspecified atom stereocenters. The summed E-state index contributed by atoms with van der Waals surface area (Å²) in [6.07, 6.45) is 1.71. The number of carbonyl (C=O) groups excluding carboxylic acids is 1. The first-order valence-electron chi connectivity index (χ1n) is 3.96. The van der Waals surface area contributed by atoms with Crippen molar-refractivity contribution < 1.29 is 9.53 Å². The Labute approximate surface area is 71.5 Å². The molecule has 1 rings (SSSR count). The van der Waals surface area contributed by atoms with E-state index in [1.165, 1.54) is 7.11 Å². The van der Waals surface area contributed by atoms with E-state index in [1.54, 1.807) is 0 Å². The predicted molar refractivity (Wildman–Crippen MR) is 42.1 cm³/mol. The van der Waals surface area contributed by atoms with Crippen molar-refractivity contribution in [1.29, 1.82) is 5.26 Å². The Kier molecular flexibility index (Phi) is 3.06. The molecule has 66 valence electrons. The molecule has 0 radical (unpaired) electrons. The second kappa shape index (κ2) is 4.07. The zero-order valence-corrected chi connectivity index (χ0v) is 7.04. The molecular weight excluding hydrogens is 156 g/mol. The third-order valence-corrected chi connectivity index (χ3v) is 2.08. The van der Waals surface area contributed by atoms with Crippen LogP contribution < -0.4 is 5.32 Å². The van der Waals surface area contributed by atoms with Crippen LogP contribution in [0.15, 0.2) is 0 Å². The number of esters is 1. The van der Waals surface area contributed by atoms with Gasteiger partial charge in [0.05, 0.1) is 19.7 Å². The van der Waals surface area contributed by atoms with Gasteiger partial charge in [-0.05, 0) is 12.8 Å². The first-order chi connectivity index (χ1) is 5.76. The normalized spacial score (nSPS) is 27.0. The Morgan fingerprint density at radius 3 is 2.92 bits per heavy atom. The zero-order valence-electron chi connectivity index (χ0n) is 7.04. The van der Waals surface area contributed by atoms with Crippen LogP contribution in [-0.2, 0) is 9.53 Å². The number of rotatable bonds is 3. The number of hydrogen-bond donors (Lipinski definition) is 1. The molecule has 0 amide bonds. The van der Waals surface area contributed by atoms with E-state index >= 15 is 0 Å². The van der Waals surface area contributed by atoms with Gasteiger partial charge in [-0.15, -0.1) is 0 Å². The molecule has 0 saturated heterocycles. The third-order valence-electron chi connectivity index (χ3n) is 2.08. The highest BCUT2D eigenvalue weighted by Crippen LogP contribution is 2.25. The Morgan fingerprint density at radius 2 is 2.42 bits per heavy atom. The van der Waals surface area contributed by atoms with Crippen molar-refractivity contribution in [2.24, 2.45) is 5.92 Å². The standard InChI is InChI=1S/C8H12N2O2/c1-12-8(11)5-10-7-2-6(3-7)4-9/h6-7,10H,2-3,5H2,1H3. The molecule has 1 fully saturated rings. The first-order valence-corrected chi connectivity index (χ1v) is 3.96. The van der Waals surface area contributed by atoms with Crippen LogP contribution in [0.2, 0.25) is 0 Å². The molecule has 0 aromatic heterocycles. The lowest BCUT2D eigenvalue weighted by Crippen LogP contribution is -2.43. The number of methoxy groups -OCH3 is 1. The molecule has 4 heteroatoms. The first kappa shape index (κ1) is 9.01. The average Bonchev–Trinajstić information content (AvgIpc) is 2.01. The second-order valence-corrected chi connectivity index (χ2v) is 2.95. The van der Waals surface area contributed by atoms with Crippen molar-refractivity contribution in [1.82, 2.24) is 5.32 Å². The fourth-order valence-corrected chi connectivity index (χ4v) is 1.19. The van der Waals surface area contributed by atoms with E-state index in [9.17, 15) is 4.79 Å². The van der Waals surface area contributed by atoms with Crippen molar-refractivity contribution in [3.8, 4) is 6.07 Å². The third kappa shape index (κ3) is 2.21. The quantitative estimate of drug-likeness (QED) is 0.605. The van der Waals surface area contributed by atoms with E-state index in [0.717, 1.165) is 12.8 Å². The molecule has 0 spiro atoms. The topological polar surface area (TPSA) is 62.1 Å². The Hall–Kier alpha value is -1.08. The van der Waals surface area contributed by atoms with Crippen LogP contribution in [0.4, 0.5) is 0 Å². The number of hydrogen-bond acceptors (Lipinski definition) is 4. The monoisotopic (exact) mass is 168 g/mol. The molecule has 4 nitrogen and oxygen atoms in total. The van der Waals surface area contributed by atoms with Gasteiger partial charge in [0, 0.05) is 12.0 Å². The fraction of sp³-hybridized carbons (Fsp3) is 0.750. The van der Waals surface area contributed by atoms with Crippen molar-refractivity contribution in [2.75, 3.05) is 13.7 Å². The maximum Gasteiger partial charge on any atom is 0.319 e. The van der Waals surface area contributed by atoms with E-state index in [1.807, 2.05) is 0 Å². The Bertz CT molecular complexity index is 204. The second-order valence-electron chi connectivity index (χ2n) is 2.95. The van der Waals surface area contributed by atoms with Crippen LogP contribution in [0, 0.1) is 17.2 Å². The number of nitrogens with one attached hydrogen (secondary N) is 1. The molecule has 12 heavy (non-hydrogen) atoms. The van der Waals surface area contributed by atoms with Gasteiger partial charge in [-0.2, -0.15) is 5.26 Å². The summed E-state index contributed by atoms with van der Waals surface area (Å²) < 4.78 is 4.46. The summed E-state index contributed by atoms with van der Waals surface area (Å²) in [7, 11) is 1.36. The number of ether oxygens (including phenoxy) is 1. The van der Waals surface area contributed by atoms with Gasteiger partial charge in [0.25, 0.3) is 0 Å². The number of nitrogens with zero attached hydrogens (tertiary/aromatic N) is 1. The lowest BCUT2D eigenvalue weighted by atomic mass is 9.81. The SMILES string of the molecule is COC(=O)CNC1CC(C#N)C1. The molecule has 0 aromatic rings. The summed E-state index contributed by atoms with van der Waals surface area (Å²) >= 11 is 0. The Balaban J connectivity index is 2.05. The molecule has 1 aliphatic rings. The van der Waals surface area contributed by atoms with Gasteiger partial charge in [-0.3, -0.25) is 4.79 Å². The van der Waals surface area contributed by atoms with Crippen LogP contribution in [-0.4, -0.2) is 25.7 Å². The Morgan fingerprint density at radius 1 is 1.75 bits per heavy atom. The minimum absolute atomic E-state index is 0.181. The van der Waals surface area contributed by atoms with Gasteiger partial charge in [-0.1, -0.05) is 0 Å². The summed E-state index contributed by atoms with van der Waals surface area (Å²) in [5.41, 5.74) is 0. The largest absolute Gasteiger partial charge is 0.468 e. The molecule has 1 N–H and O–H groups in total. The average molecular weight is 168 g/mol. The predicted octanol–water partition coefficient (Wildman–Crippen LogP) is 0.0512. The van der Waals surface area contributed by atoms with Gasteiger partial charge in [0.1, 0.15) is 0 Å². The fourth-order valence-electron chi connectivity index (χ4n) is 1.19.